The molecule has 1 aromatic carbocycles. The van der Waals surface area contributed by atoms with Crippen LogP contribution < -0.4 is 11.5 Å². The summed E-state index contributed by atoms with van der Waals surface area (Å²) in [6.07, 6.45) is 0. The van der Waals surface area contributed by atoms with Crippen molar-refractivity contribution in [1.82, 2.24) is 0 Å². The summed E-state index contributed by atoms with van der Waals surface area (Å²) in [6.45, 7) is 1.63. The molecule has 0 atom stereocenters. The monoisotopic (exact) mass is 154 g/mol. The second-order valence-corrected chi connectivity index (χ2v) is 2.39. The number of aryl methyl sites for hydroxylation is 1. The van der Waals surface area contributed by atoms with Gasteiger partial charge in [-0.2, -0.15) is 0 Å². The second kappa shape index (κ2) is 2.23. The Morgan fingerprint density at radius 1 is 1.18 bits per heavy atom. The fraction of sp³-hybridized carbons (Fsp3) is 0.143. The number of nitrogen functional groups attached to an aromatic ring is 2. The van der Waals surface area contributed by atoms with E-state index in [9.17, 15) is 0 Å². The first-order chi connectivity index (χ1) is 5.04. The van der Waals surface area contributed by atoms with E-state index < -0.39 is 0 Å². The van der Waals surface area contributed by atoms with Crippen LogP contribution >= 0.6 is 0 Å². The summed E-state index contributed by atoms with van der Waals surface area (Å²) < 4.78 is 0. The van der Waals surface area contributed by atoms with Gasteiger partial charge in [-0.1, -0.05) is 0 Å². The number of hydrogen-bond donors (Lipinski definition) is 4. The van der Waals surface area contributed by atoms with Crippen molar-refractivity contribution in [3.05, 3.63) is 11.6 Å². The number of nitrogens with two attached hydrogens (primary N) is 2. The lowest BCUT2D eigenvalue weighted by Crippen LogP contribution is -1.95. The molecule has 4 heteroatoms. The summed E-state index contributed by atoms with van der Waals surface area (Å²) in [6, 6.07) is 1.50. The Morgan fingerprint density at radius 2 is 1.73 bits per heavy atom. The fourth-order valence-corrected chi connectivity index (χ4v) is 0.830. The number of anilines is 2. The van der Waals surface area contributed by atoms with Gasteiger partial charge in [0.2, 0.25) is 0 Å². The van der Waals surface area contributed by atoms with Crippen molar-refractivity contribution in [1.29, 1.82) is 0 Å². The first-order valence-corrected chi connectivity index (χ1v) is 3.10. The van der Waals surface area contributed by atoms with Crippen molar-refractivity contribution in [2.45, 2.75) is 6.92 Å². The SMILES string of the molecule is Cc1cc(N)c(N)c(O)c1O. The molecule has 0 unspecified atom stereocenters. The molecule has 1 aromatic rings. The number of phenolic OH excluding ortho intramolecular Hbond substituents is 2. The van der Waals surface area contributed by atoms with Gasteiger partial charge in [0, 0.05) is 0 Å². The zero-order valence-corrected chi connectivity index (χ0v) is 6.13. The van der Waals surface area contributed by atoms with Crippen LogP contribution in [0.5, 0.6) is 11.5 Å². The molecule has 11 heavy (non-hydrogen) atoms. The summed E-state index contributed by atoms with van der Waals surface area (Å²) in [5, 5.41) is 18.2. The van der Waals surface area contributed by atoms with E-state index in [4.69, 9.17) is 21.7 Å². The van der Waals surface area contributed by atoms with Crippen LogP contribution in [0.3, 0.4) is 0 Å². The third kappa shape index (κ3) is 1.02. The van der Waals surface area contributed by atoms with Crippen LogP contribution in [-0.2, 0) is 0 Å². The lowest BCUT2D eigenvalue weighted by Gasteiger charge is -2.06. The molecule has 0 aliphatic carbocycles. The van der Waals surface area contributed by atoms with Gasteiger partial charge in [0.05, 0.1) is 5.69 Å². The topological polar surface area (TPSA) is 92.5 Å². The molecule has 0 amide bonds. The van der Waals surface area contributed by atoms with Gasteiger partial charge in [-0.3, -0.25) is 0 Å². The first-order valence-electron chi connectivity index (χ1n) is 3.10. The van der Waals surface area contributed by atoms with Gasteiger partial charge in [0.1, 0.15) is 5.69 Å². The average molecular weight is 154 g/mol. The number of rotatable bonds is 0. The predicted octanol–water partition coefficient (Wildman–Crippen LogP) is 0.571. The molecule has 60 valence electrons. The van der Waals surface area contributed by atoms with Gasteiger partial charge in [-0.25, -0.2) is 0 Å². The van der Waals surface area contributed by atoms with E-state index in [1.165, 1.54) is 6.07 Å². The molecule has 0 aliphatic heterocycles. The summed E-state index contributed by atoms with van der Waals surface area (Å²) in [7, 11) is 0. The number of benzene rings is 1. The highest BCUT2D eigenvalue weighted by atomic mass is 16.3. The molecule has 4 nitrogen and oxygen atoms in total. The first kappa shape index (κ1) is 7.53. The molecular weight excluding hydrogens is 144 g/mol. The van der Waals surface area contributed by atoms with Gasteiger partial charge in [-0.05, 0) is 18.6 Å². The van der Waals surface area contributed by atoms with Crippen molar-refractivity contribution >= 4 is 11.4 Å². The Labute approximate surface area is 64.1 Å². The summed E-state index contributed by atoms with van der Waals surface area (Å²) >= 11 is 0. The Hall–Kier alpha value is -1.58. The Kier molecular flexibility index (Phi) is 1.53. The lowest BCUT2D eigenvalue weighted by atomic mass is 10.1. The highest BCUT2D eigenvalue weighted by molar-refractivity contribution is 5.75. The number of aromatic hydroxyl groups is 2. The van der Waals surface area contributed by atoms with Crippen molar-refractivity contribution < 1.29 is 10.2 Å². The zero-order chi connectivity index (χ0) is 8.59. The molecule has 0 bridgehead atoms. The van der Waals surface area contributed by atoms with Crippen LogP contribution in [0.15, 0.2) is 6.07 Å². The highest BCUT2D eigenvalue weighted by Gasteiger charge is 2.09. The van der Waals surface area contributed by atoms with E-state index in [0.717, 1.165) is 0 Å². The standard InChI is InChI=1S/C7H10N2O2/c1-3-2-4(8)5(9)7(11)6(3)10/h2,10-11H,8-9H2,1H3. The van der Waals surface area contributed by atoms with Crippen LogP contribution in [0.1, 0.15) is 5.56 Å². The second-order valence-electron chi connectivity index (χ2n) is 2.39. The lowest BCUT2D eigenvalue weighted by molar-refractivity contribution is 0.403. The van der Waals surface area contributed by atoms with Crippen LogP contribution in [0.2, 0.25) is 0 Å². The normalized spacial score (nSPS) is 9.91. The van der Waals surface area contributed by atoms with E-state index in [0.29, 0.717) is 5.56 Å². The molecule has 0 spiro atoms. The van der Waals surface area contributed by atoms with Crippen molar-refractivity contribution in [3.8, 4) is 11.5 Å². The predicted molar refractivity (Wildman–Crippen MR) is 43.3 cm³/mol. The third-order valence-corrected chi connectivity index (χ3v) is 1.54. The quantitative estimate of drug-likeness (QED) is 0.250. The number of hydrogen-bond acceptors (Lipinski definition) is 4. The van der Waals surface area contributed by atoms with Crippen molar-refractivity contribution in [3.63, 3.8) is 0 Å². The van der Waals surface area contributed by atoms with Crippen LogP contribution in [0, 0.1) is 6.92 Å². The van der Waals surface area contributed by atoms with Crippen LogP contribution in [-0.4, -0.2) is 10.2 Å². The average Bonchev–Trinajstić information content (AvgIpc) is 1.97. The number of phenols is 2. The maximum Gasteiger partial charge on any atom is 0.183 e. The third-order valence-electron chi connectivity index (χ3n) is 1.54. The van der Waals surface area contributed by atoms with Gasteiger partial charge < -0.3 is 21.7 Å². The summed E-state index contributed by atoms with van der Waals surface area (Å²) in [5.74, 6) is -0.556. The Morgan fingerprint density at radius 3 is 2.27 bits per heavy atom. The van der Waals surface area contributed by atoms with Crippen LogP contribution in [0.25, 0.3) is 0 Å². The van der Waals surface area contributed by atoms with Gasteiger partial charge >= 0.3 is 0 Å². The van der Waals surface area contributed by atoms with E-state index in [1.807, 2.05) is 0 Å². The van der Waals surface area contributed by atoms with Gasteiger partial charge in [-0.15, -0.1) is 0 Å². The molecule has 0 aliphatic rings. The molecule has 6 N–H and O–H groups in total. The highest BCUT2D eigenvalue weighted by Crippen LogP contribution is 2.37. The largest absolute Gasteiger partial charge is 0.504 e. The van der Waals surface area contributed by atoms with E-state index in [-0.39, 0.29) is 22.9 Å². The van der Waals surface area contributed by atoms with Crippen molar-refractivity contribution in [2.24, 2.45) is 0 Å². The molecule has 0 heterocycles. The van der Waals surface area contributed by atoms with E-state index in [1.54, 1.807) is 6.92 Å². The minimum Gasteiger partial charge on any atom is -0.504 e. The van der Waals surface area contributed by atoms with E-state index >= 15 is 0 Å². The smallest absolute Gasteiger partial charge is 0.183 e. The maximum absolute atomic E-state index is 9.13. The fourth-order valence-electron chi connectivity index (χ4n) is 0.830. The zero-order valence-electron chi connectivity index (χ0n) is 6.13. The Balaban J connectivity index is 3.46. The summed E-state index contributed by atoms with van der Waals surface area (Å²) in [5.41, 5.74) is 11.5. The molecule has 0 fully saturated rings. The van der Waals surface area contributed by atoms with Crippen molar-refractivity contribution in [2.75, 3.05) is 11.5 Å². The minimum absolute atomic E-state index is 0.0214. The molecular formula is C7H10N2O2. The van der Waals surface area contributed by atoms with Crippen LogP contribution in [0.4, 0.5) is 11.4 Å². The molecule has 0 saturated heterocycles. The molecule has 0 aromatic heterocycles. The molecule has 1 rings (SSSR count). The van der Waals surface area contributed by atoms with Gasteiger partial charge in [0.25, 0.3) is 0 Å². The molecule has 0 radical (unpaired) electrons. The maximum atomic E-state index is 9.13. The van der Waals surface area contributed by atoms with Gasteiger partial charge in [0.15, 0.2) is 11.5 Å². The van der Waals surface area contributed by atoms with E-state index in [2.05, 4.69) is 0 Å². The molecule has 0 saturated carbocycles. The Bertz CT molecular complexity index is 271. The minimum atomic E-state index is -0.345. The summed E-state index contributed by atoms with van der Waals surface area (Å²) in [4.78, 5) is 0.